The van der Waals surface area contributed by atoms with Crippen molar-refractivity contribution in [3.05, 3.63) is 11.4 Å². The molecule has 2 N–H and O–H groups in total. The van der Waals surface area contributed by atoms with Crippen LogP contribution < -0.4 is 10.6 Å². The molecule has 2 aromatic rings. The molecule has 0 amide bonds. The zero-order chi connectivity index (χ0) is 14.2. The molecule has 0 aliphatic heterocycles. The molecule has 4 nitrogen and oxygen atoms in total. The summed E-state index contributed by atoms with van der Waals surface area (Å²) in [5.41, 5.74) is 0.498. The zero-order valence-corrected chi connectivity index (χ0v) is 13.2. The molecular formula is C15H22N4S. The van der Waals surface area contributed by atoms with Crippen molar-refractivity contribution in [2.45, 2.75) is 45.6 Å². The Bertz CT molecular complexity index is 595. The molecule has 0 spiro atoms. The highest BCUT2D eigenvalue weighted by Gasteiger charge is 2.27. The van der Waals surface area contributed by atoms with Crippen LogP contribution in [-0.4, -0.2) is 23.1 Å². The van der Waals surface area contributed by atoms with E-state index in [1.54, 1.807) is 11.3 Å². The van der Waals surface area contributed by atoms with Crippen molar-refractivity contribution < 1.29 is 0 Å². The van der Waals surface area contributed by atoms with Crippen molar-refractivity contribution in [1.82, 2.24) is 9.97 Å². The molecule has 3 rings (SSSR count). The van der Waals surface area contributed by atoms with E-state index in [0.29, 0.717) is 17.4 Å². The maximum atomic E-state index is 4.60. The Balaban J connectivity index is 1.82. The van der Waals surface area contributed by atoms with E-state index >= 15 is 0 Å². The number of anilines is 2. The summed E-state index contributed by atoms with van der Waals surface area (Å²) in [6.07, 6.45) is 5.00. The summed E-state index contributed by atoms with van der Waals surface area (Å²) in [5.74, 6) is 1.67. The van der Waals surface area contributed by atoms with Crippen LogP contribution in [0.1, 0.15) is 39.5 Å². The topological polar surface area (TPSA) is 49.8 Å². The molecule has 5 heteroatoms. The highest BCUT2D eigenvalue weighted by Crippen LogP contribution is 2.37. The van der Waals surface area contributed by atoms with Crippen molar-refractivity contribution in [3.63, 3.8) is 0 Å². The van der Waals surface area contributed by atoms with Gasteiger partial charge >= 0.3 is 0 Å². The van der Waals surface area contributed by atoms with E-state index in [4.69, 9.17) is 0 Å². The fourth-order valence-electron chi connectivity index (χ4n) is 2.81. The lowest BCUT2D eigenvalue weighted by atomic mass is 9.75. The molecule has 1 aliphatic carbocycles. The largest absolute Gasteiger partial charge is 0.367 e. The number of rotatable bonds is 3. The van der Waals surface area contributed by atoms with E-state index in [1.165, 1.54) is 25.7 Å². The summed E-state index contributed by atoms with van der Waals surface area (Å²) >= 11 is 1.66. The first-order valence-corrected chi connectivity index (χ1v) is 8.15. The summed E-state index contributed by atoms with van der Waals surface area (Å²) in [6, 6.07) is 2.64. The highest BCUT2D eigenvalue weighted by molar-refractivity contribution is 7.16. The van der Waals surface area contributed by atoms with Crippen molar-refractivity contribution in [2.75, 3.05) is 17.7 Å². The number of nitrogens with zero attached hydrogens (tertiary/aromatic N) is 2. The molecule has 0 unspecified atom stereocenters. The Labute approximate surface area is 124 Å². The standard InChI is InChI=1S/C15H22N4S/c1-15(2)7-4-10(5-8-15)17-12-11-6-9-20-13(11)19-14(16-3)18-12/h6,9-10H,4-5,7-8H2,1-3H3,(H2,16,17,18,19). The van der Waals surface area contributed by atoms with Crippen molar-refractivity contribution >= 4 is 33.3 Å². The van der Waals surface area contributed by atoms with Gasteiger partial charge in [-0.25, -0.2) is 4.98 Å². The normalized spacial score (nSPS) is 19.1. The molecular weight excluding hydrogens is 268 g/mol. The summed E-state index contributed by atoms with van der Waals surface area (Å²) in [5, 5.41) is 9.90. The van der Waals surface area contributed by atoms with Gasteiger partial charge in [0.05, 0.1) is 5.39 Å². The third kappa shape index (κ3) is 2.73. The van der Waals surface area contributed by atoms with E-state index in [9.17, 15) is 0 Å². The van der Waals surface area contributed by atoms with Crippen molar-refractivity contribution in [1.29, 1.82) is 0 Å². The highest BCUT2D eigenvalue weighted by atomic mass is 32.1. The zero-order valence-electron chi connectivity index (χ0n) is 12.4. The van der Waals surface area contributed by atoms with E-state index in [0.717, 1.165) is 16.0 Å². The number of aromatic nitrogens is 2. The summed E-state index contributed by atoms with van der Waals surface area (Å²) < 4.78 is 0. The molecule has 0 atom stereocenters. The molecule has 0 aromatic carbocycles. The Hall–Kier alpha value is -1.36. The minimum atomic E-state index is 0.498. The first-order chi connectivity index (χ1) is 9.57. The van der Waals surface area contributed by atoms with Gasteiger partial charge in [-0.15, -0.1) is 11.3 Å². The second kappa shape index (κ2) is 5.20. The van der Waals surface area contributed by atoms with Gasteiger partial charge in [-0.05, 0) is 42.5 Å². The lowest BCUT2D eigenvalue weighted by Crippen LogP contribution is -2.30. The molecule has 2 heterocycles. The van der Waals surface area contributed by atoms with E-state index < -0.39 is 0 Å². The smallest absolute Gasteiger partial charge is 0.225 e. The first kappa shape index (κ1) is 13.6. The minimum Gasteiger partial charge on any atom is -0.367 e. The van der Waals surface area contributed by atoms with Gasteiger partial charge in [-0.1, -0.05) is 13.8 Å². The van der Waals surface area contributed by atoms with Gasteiger partial charge in [-0.2, -0.15) is 4.98 Å². The van der Waals surface area contributed by atoms with E-state index in [-0.39, 0.29) is 0 Å². The lowest BCUT2D eigenvalue weighted by Gasteiger charge is -2.34. The predicted molar refractivity (Wildman–Crippen MR) is 86.6 cm³/mol. The van der Waals surface area contributed by atoms with E-state index in [1.807, 2.05) is 7.05 Å². The lowest BCUT2D eigenvalue weighted by molar-refractivity contribution is 0.232. The predicted octanol–water partition coefficient (Wildman–Crippen LogP) is 4.11. The Morgan fingerprint density at radius 3 is 2.70 bits per heavy atom. The van der Waals surface area contributed by atoms with Crippen LogP contribution in [-0.2, 0) is 0 Å². The quantitative estimate of drug-likeness (QED) is 0.893. The number of fused-ring (bicyclic) bond motifs is 1. The Morgan fingerprint density at radius 2 is 2.00 bits per heavy atom. The maximum absolute atomic E-state index is 4.60. The van der Waals surface area contributed by atoms with Crippen LogP contribution in [0, 0.1) is 5.41 Å². The molecule has 20 heavy (non-hydrogen) atoms. The SMILES string of the molecule is CNc1nc(NC2CCC(C)(C)CC2)c2ccsc2n1. The Morgan fingerprint density at radius 1 is 1.25 bits per heavy atom. The van der Waals surface area contributed by atoms with Gasteiger partial charge in [0.15, 0.2) is 0 Å². The number of hydrogen-bond acceptors (Lipinski definition) is 5. The van der Waals surface area contributed by atoms with Crippen molar-refractivity contribution in [2.24, 2.45) is 5.41 Å². The monoisotopic (exact) mass is 290 g/mol. The van der Waals surface area contributed by atoms with Gasteiger partial charge in [0.25, 0.3) is 0 Å². The minimum absolute atomic E-state index is 0.498. The fourth-order valence-corrected chi connectivity index (χ4v) is 3.58. The van der Waals surface area contributed by atoms with Crippen LogP contribution in [0.15, 0.2) is 11.4 Å². The van der Waals surface area contributed by atoms with Crippen LogP contribution in [0.5, 0.6) is 0 Å². The number of hydrogen-bond donors (Lipinski definition) is 2. The molecule has 1 fully saturated rings. The molecule has 0 bridgehead atoms. The molecule has 108 valence electrons. The molecule has 1 aliphatic rings. The average Bonchev–Trinajstić information content (AvgIpc) is 2.89. The number of nitrogens with one attached hydrogen (secondary N) is 2. The summed E-state index contributed by atoms with van der Waals surface area (Å²) in [7, 11) is 1.86. The van der Waals surface area contributed by atoms with Crippen LogP contribution in [0.2, 0.25) is 0 Å². The average molecular weight is 290 g/mol. The third-order valence-electron chi connectivity index (χ3n) is 4.23. The second-order valence-electron chi connectivity index (χ2n) is 6.37. The summed E-state index contributed by atoms with van der Waals surface area (Å²) in [6.45, 7) is 4.73. The van der Waals surface area contributed by atoms with E-state index in [2.05, 4.69) is 45.9 Å². The molecule has 0 saturated heterocycles. The third-order valence-corrected chi connectivity index (χ3v) is 5.04. The van der Waals surface area contributed by atoms with Gasteiger partial charge < -0.3 is 10.6 Å². The molecule has 0 radical (unpaired) electrons. The van der Waals surface area contributed by atoms with Crippen molar-refractivity contribution in [3.8, 4) is 0 Å². The first-order valence-electron chi connectivity index (χ1n) is 7.27. The molecule has 2 aromatic heterocycles. The maximum Gasteiger partial charge on any atom is 0.225 e. The number of thiophene rings is 1. The van der Waals surface area contributed by atoms with Crippen LogP contribution in [0.4, 0.5) is 11.8 Å². The summed E-state index contributed by atoms with van der Waals surface area (Å²) in [4.78, 5) is 10.1. The van der Waals surface area contributed by atoms with Gasteiger partial charge in [0.1, 0.15) is 10.6 Å². The van der Waals surface area contributed by atoms with Crippen LogP contribution >= 0.6 is 11.3 Å². The Kier molecular flexibility index (Phi) is 3.54. The fraction of sp³-hybridized carbons (Fsp3) is 0.600. The van der Waals surface area contributed by atoms with Crippen LogP contribution in [0.3, 0.4) is 0 Å². The second-order valence-corrected chi connectivity index (χ2v) is 7.26. The molecule has 1 saturated carbocycles. The van der Waals surface area contributed by atoms with Gasteiger partial charge in [0.2, 0.25) is 5.95 Å². The van der Waals surface area contributed by atoms with Gasteiger partial charge in [-0.3, -0.25) is 0 Å². The van der Waals surface area contributed by atoms with Crippen LogP contribution in [0.25, 0.3) is 10.2 Å². The van der Waals surface area contributed by atoms with Gasteiger partial charge in [0, 0.05) is 13.1 Å².